The summed E-state index contributed by atoms with van der Waals surface area (Å²) in [5, 5.41) is 7.01. The third kappa shape index (κ3) is 3.75. The zero-order chi connectivity index (χ0) is 22.9. The molecule has 1 atom stereocenters. The Labute approximate surface area is 189 Å². The van der Waals surface area contributed by atoms with Gasteiger partial charge < -0.3 is 4.90 Å². The number of nitrogens with zero attached hydrogens (tertiary/aromatic N) is 5. The predicted molar refractivity (Wildman–Crippen MR) is 123 cm³/mol. The van der Waals surface area contributed by atoms with Crippen molar-refractivity contribution in [2.45, 2.75) is 31.8 Å². The van der Waals surface area contributed by atoms with Gasteiger partial charge >= 0.3 is 5.69 Å². The molecular weight excluding hydrogens is 420 g/mol. The summed E-state index contributed by atoms with van der Waals surface area (Å²) in [4.78, 5) is 45.5. The molecule has 9 heteroatoms. The van der Waals surface area contributed by atoms with Gasteiger partial charge in [0, 0.05) is 19.8 Å². The average molecular weight is 444 g/mol. The van der Waals surface area contributed by atoms with Gasteiger partial charge in [0.25, 0.3) is 11.5 Å². The van der Waals surface area contributed by atoms with Crippen LogP contribution in [-0.2, 0) is 13.6 Å². The number of aromatic nitrogens is 5. The molecule has 3 aromatic heterocycles. The van der Waals surface area contributed by atoms with Crippen molar-refractivity contribution in [3.05, 3.63) is 92.5 Å². The maximum Gasteiger partial charge on any atom is 0.332 e. The molecule has 33 heavy (non-hydrogen) atoms. The number of aromatic amines is 1. The molecule has 9 nitrogen and oxygen atoms in total. The van der Waals surface area contributed by atoms with Gasteiger partial charge in [-0.2, -0.15) is 5.10 Å². The fourth-order valence-corrected chi connectivity index (χ4v) is 4.48. The Morgan fingerprint density at radius 2 is 1.91 bits per heavy atom. The van der Waals surface area contributed by atoms with Gasteiger partial charge in [-0.1, -0.05) is 30.3 Å². The number of hydrogen-bond acceptors (Lipinski definition) is 5. The molecule has 1 fully saturated rings. The summed E-state index contributed by atoms with van der Waals surface area (Å²) in [6, 6.07) is 14.5. The van der Waals surface area contributed by atoms with E-state index in [0.717, 1.165) is 29.4 Å². The molecule has 5 rings (SSSR count). The molecule has 1 amide bonds. The van der Waals surface area contributed by atoms with Gasteiger partial charge in [-0.25, -0.2) is 9.78 Å². The number of carbonyl (C=O) groups excluding carboxylic acids is 1. The number of piperidine rings is 1. The lowest BCUT2D eigenvalue weighted by Crippen LogP contribution is -2.40. The number of amides is 1. The topological polar surface area (TPSA) is 106 Å². The van der Waals surface area contributed by atoms with Crippen molar-refractivity contribution in [2.75, 3.05) is 6.54 Å². The molecule has 1 aromatic carbocycles. The molecule has 1 aliphatic rings. The Morgan fingerprint density at radius 3 is 2.67 bits per heavy atom. The number of nitrogens with one attached hydrogen (secondary N) is 1. The lowest BCUT2D eigenvalue weighted by molar-refractivity contribution is 0.0600. The number of carbonyl (C=O) groups is 1. The van der Waals surface area contributed by atoms with Crippen molar-refractivity contribution in [3.63, 3.8) is 0 Å². The Morgan fingerprint density at radius 1 is 1.09 bits per heavy atom. The van der Waals surface area contributed by atoms with E-state index in [9.17, 15) is 14.4 Å². The highest BCUT2D eigenvalue weighted by Gasteiger charge is 2.30. The number of rotatable bonds is 4. The van der Waals surface area contributed by atoms with E-state index in [1.807, 2.05) is 30.3 Å². The first-order chi connectivity index (χ1) is 16.0. The second-order valence-electron chi connectivity index (χ2n) is 8.31. The van der Waals surface area contributed by atoms with Crippen LogP contribution >= 0.6 is 0 Å². The smallest absolute Gasteiger partial charge is 0.329 e. The van der Waals surface area contributed by atoms with Crippen LogP contribution in [0.1, 0.15) is 47.1 Å². The number of benzene rings is 1. The van der Waals surface area contributed by atoms with Crippen molar-refractivity contribution < 1.29 is 4.79 Å². The third-order valence-corrected chi connectivity index (χ3v) is 6.22. The number of hydrogen-bond donors (Lipinski definition) is 1. The summed E-state index contributed by atoms with van der Waals surface area (Å²) in [7, 11) is 1.48. The minimum Gasteiger partial charge on any atom is -0.329 e. The molecule has 0 spiro atoms. The van der Waals surface area contributed by atoms with Gasteiger partial charge in [0.2, 0.25) is 0 Å². The summed E-state index contributed by atoms with van der Waals surface area (Å²) in [5.41, 5.74) is 1.56. The van der Waals surface area contributed by atoms with Gasteiger partial charge in [-0.05, 0) is 43.0 Å². The first kappa shape index (κ1) is 20.9. The van der Waals surface area contributed by atoms with Crippen LogP contribution in [0.5, 0.6) is 0 Å². The molecule has 4 aromatic rings. The van der Waals surface area contributed by atoms with Gasteiger partial charge in [0.1, 0.15) is 11.3 Å². The van der Waals surface area contributed by atoms with Crippen LogP contribution in [0.15, 0.2) is 64.3 Å². The van der Waals surface area contributed by atoms with Gasteiger partial charge in [-0.3, -0.25) is 23.8 Å². The zero-order valence-corrected chi connectivity index (χ0v) is 18.3. The van der Waals surface area contributed by atoms with E-state index < -0.39 is 5.69 Å². The maximum absolute atomic E-state index is 13.1. The predicted octanol–water partition coefficient (Wildman–Crippen LogP) is 2.23. The van der Waals surface area contributed by atoms with E-state index >= 15 is 0 Å². The maximum atomic E-state index is 13.1. The largest absolute Gasteiger partial charge is 0.332 e. The highest BCUT2D eigenvalue weighted by Crippen LogP contribution is 2.31. The Balaban J connectivity index is 1.63. The van der Waals surface area contributed by atoms with Gasteiger partial charge in [0.15, 0.2) is 0 Å². The minimum atomic E-state index is -0.421. The molecular formula is C24H24N6O3. The molecule has 0 unspecified atom stereocenters. The molecule has 1 saturated heterocycles. The van der Waals surface area contributed by atoms with E-state index in [1.54, 1.807) is 29.3 Å². The van der Waals surface area contributed by atoms with Gasteiger partial charge in [-0.15, -0.1) is 0 Å². The van der Waals surface area contributed by atoms with E-state index in [2.05, 4.69) is 10.2 Å². The van der Waals surface area contributed by atoms with Crippen LogP contribution in [0.2, 0.25) is 0 Å². The highest BCUT2D eigenvalue weighted by molar-refractivity contribution is 5.92. The molecule has 0 radical (unpaired) electrons. The fraction of sp³-hybridized carbons (Fsp3) is 0.292. The molecule has 4 heterocycles. The van der Waals surface area contributed by atoms with E-state index in [0.29, 0.717) is 35.5 Å². The van der Waals surface area contributed by atoms with Crippen molar-refractivity contribution in [3.8, 4) is 0 Å². The summed E-state index contributed by atoms with van der Waals surface area (Å²) >= 11 is 0. The lowest BCUT2D eigenvalue weighted by atomic mass is 9.98. The van der Waals surface area contributed by atoms with Crippen molar-refractivity contribution >= 4 is 16.9 Å². The Bertz CT molecular complexity index is 1420. The van der Waals surface area contributed by atoms with Crippen LogP contribution in [0.25, 0.3) is 11.0 Å². The Kier molecular flexibility index (Phi) is 5.37. The molecule has 1 aliphatic heterocycles. The Hall–Kier alpha value is -4.01. The minimum absolute atomic E-state index is 0.134. The molecule has 0 saturated carbocycles. The molecule has 0 aliphatic carbocycles. The first-order valence-electron chi connectivity index (χ1n) is 11.0. The van der Waals surface area contributed by atoms with Crippen molar-refractivity contribution in [1.82, 2.24) is 29.2 Å². The van der Waals surface area contributed by atoms with Crippen molar-refractivity contribution in [2.24, 2.45) is 7.05 Å². The molecule has 0 bridgehead atoms. The monoisotopic (exact) mass is 444 g/mol. The number of fused-ring (bicyclic) bond motifs is 1. The molecule has 168 valence electrons. The second kappa shape index (κ2) is 8.50. The summed E-state index contributed by atoms with van der Waals surface area (Å²) in [6.07, 6.45) is 4.18. The lowest BCUT2D eigenvalue weighted by Gasteiger charge is -2.35. The van der Waals surface area contributed by atoms with Crippen LogP contribution in [0.3, 0.4) is 0 Å². The number of pyridine rings is 1. The van der Waals surface area contributed by atoms with Crippen LogP contribution in [0.4, 0.5) is 0 Å². The average Bonchev–Trinajstić information content (AvgIpc) is 3.40. The second-order valence-corrected chi connectivity index (χ2v) is 8.31. The SMILES string of the molecule is Cn1c(=O)c2ccc([C@@H]3CCCCN3C(=O)c3ccn[nH]3)nc2n(Cc2ccccc2)c1=O. The fourth-order valence-electron chi connectivity index (χ4n) is 4.48. The van der Waals surface area contributed by atoms with Gasteiger partial charge in [0.05, 0.1) is 23.7 Å². The van der Waals surface area contributed by atoms with Crippen molar-refractivity contribution in [1.29, 1.82) is 0 Å². The summed E-state index contributed by atoms with van der Waals surface area (Å²) in [5.74, 6) is -0.134. The quantitative estimate of drug-likeness (QED) is 0.520. The van der Waals surface area contributed by atoms with E-state index in [-0.39, 0.29) is 17.5 Å². The standard InChI is InChI=1S/C24H24N6O3/c1-28-22(31)17-10-11-18(20-9-5-6-14-29(20)23(32)19-12-13-25-27-19)26-21(17)30(24(28)33)15-16-7-3-2-4-8-16/h2-4,7-8,10-13,20H,5-6,9,14-15H2,1H3,(H,25,27)/t20-/m0/s1. The molecule has 1 N–H and O–H groups in total. The number of H-pyrrole nitrogens is 1. The first-order valence-corrected chi connectivity index (χ1v) is 11.0. The number of likely N-dealkylation sites (tertiary alicyclic amines) is 1. The third-order valence-electron chi connectivity index (χ3n) is 6.22. The summed E-state index contributed by atoms with van der Waals surface area (Å²) in [6.45, 7) is 0.901. The van der Waals surface area contributed by atoms with Crippen LogP contribution in [0, 0.1) is 0 Å². The highest BCUT2D eigenvalue weighted by atomic mass is 16.2. The zero-order valence-electron chi connectivity index (χ0n) is 18.3. The van der Waals surface area contributed by atoms with Crippen LogP contribution in [-0.4, -0.2) is 41.7 Å². The summed E-state index contributed by atoms with van der Waals surface area (Å²) < 4.78 is 2.64. The van der Waals surface area contributed by atoms with E-state index in [1.165, 1.54) is 11.6 Å². The van der Waals surface area contributed by atoms with E-state index in [4.69, 9.17) is 4.98 Å². The normalized spacial score (nSPS) is 16.3. The van der Waals surface area contributed by atoms with Crippen LogP contribution < -0.4 is 11.2 Å².